The van der Waals surface area contributed by atoms with Crippen LogP contribution in [0.25, 0.3) is 0 Å². The summed E-state index contributed by atoms with van der Waals surface area (Å²) in [4.78, 5) is 21.7. The van der Waals surface area contributed by atoms with E-state index in [9.17, 15) is 28.1 Å². The van der Waals surface area contributed by atoms with Crippen LogP contribution in [0.1, 0.15) is 0 Å². The summed E-state index contributed by atoms with van der Waals surface area (Å²) in [5, 5.41) is 12.9. The maximum atomic E-state index is 12.1. The number of non-ortho nitro benzene ring substituents is 1. The van der Waals surface area contributed by atoms with Crippen molar-refractivity contribution < 1.29 is 27.6 Å². The van der Waals surface area contributed by atoms with Gasteiger partial charge in [0.05, 0.1) is 21.3 Å². The number of urea groups is 1. The van der Waals surface area contributed by atoms with E-state index in [4.69, 9.17) is 11.6 Å². The minimum absolute atomic E-state index is 0.0389. The smallest absolute Gasteiger partial charge is 0.406 e. The van der Waals surface area contributed by atoms with Crippen LogP contribution in [-0.2, 0) is 0 Å². The van der Waals surface area contributed by atoms with Crippen molar-refractivity contribution in [2.75, 3.05) is 10.7 Å². The summed E-state index contributed by atoms with van der Waals surface area (Å²) >= 11 is 5.83. The number of nitrogens with one attached hydrogen (secondary N) is 3. The average Bonchev–Trinajstić information content (AvgIpc) is 2.54. The molecule has 2 amide bonds. The summed E-state index contributed by atoms with van der Waals surface area (Å²) in [7, 11) is 0. The van der Waals surface area contributed by atoms with Gasteiger partial charge in [-0.25, -0.2) is 4.79 Å². The van der Waals surface area contributed by atoms with E-state index >= 15 is 0 Å². The van der Waals surface area contributed by atoms with Crippen LogP contribution in [0, 0.1) is 10.1 Å². The van der Waals surface area contributed by atoms with E-state index in [-0.39, 0.29) is 22.1 Å². The van der Waals surface area contributed by atoms with Gasteiger partial charge in [-0.2, -0.15) is 0 Å². The van der Waals surface area contributed by atoms with Gasteiger partial charge in [-0.05, 0) is 30.3 Å². The molecule has 0 radical (unpaired) electrons. The van der Waals surface area contributed by atoms with Gasteiger partial charge in [-0.1, -0.05) is 11.6 Å². The zero-order valence-electron chi connectivity index (χ0n) is 12.6. The predicted octanol–water partition coefficient (Wildman–Crippen LogP) is 4.30. The van der Waals surface area contributed by atoms with Crippen molar-refractivity contribution in [1.29, 1.82) is 0 Å². The van der Waals surface area contributed by atoms with Crippen LogP contribution in [0.5, 0.6) is 5.75 Å². The normalized spacial score (nSPS) is 10.8. The molecular weight excluding hydrogens is 381 g/mol. The molecule has 2 aromatic carbocycles. The van der Waals surface area contributed by atoms with Gasteiger partial charge < -0.3 is 10.1 Å². The van der Waals surface area contributed by atoms with Crippen molar-refractivity contribution >= 4 is 34.7 Å². The minimum atomic E-state index is -4.79. The summed E-state index contributed by atoms with van der Waals surface area (Å²) in [5.74, 6) is -0.412. The predicted molar refractivity (Wildman–Crippen MR) is 87.0 cm³/mol. The third-order valence-electron chi connectivity index (χ3n) is 2.82. The van der Waals surface area contributed by atoms with Gasteiger partial charge in [0, 0.05) is 12.1 Å². The highest BCUT2D eigenvalue weighted by molar-refractivity contribution is 6.33. The molecule has 12 heteroatoms. The Balaban J connectivity index is 1.90. The third kappa shape index (κ3) is 5.70. The van der Waals surface area contributed by atoms with Gasteiger partial charge in [-0.3, -0.25) is 21.0 Å². The monoisotopic (exact) mass is 390 g/mol. The number of nitrogens with zero attached hydrogens (tertiary/aromatic N) is 1. The molecule has 0 saturated carbocycles. The molecule has 3 N–H and O–H groups in total. The van der Waals surface area contributed by atoms with E-state index < -0.39 is 23.1 Å². The number of halogens is 4. The summed E-state index contributed by atoms with van der Waals surface area (Å²) in [6.07, 6.45) is -4.79. The molecule has 0 aliphatic heterocycles. The molecule has 0 atom stereocenters. The first-order chi connectivity index (χ1) is 12.1. The lowest BCUT2D eigenvalue weighted by atomic mass is 10.3. The molecule has 2 aromatic rings. The Morgan fingerprint density at radius 3 is 2.35 bits per heavy atom. The van der Waals surface area contributed by atoms with E-state index in [1.165, 1.54) is 18.2 Å². The van der Waals surface area contributed by atoms with E-state index in [1.807, 2.05) is 0 Å². The SMILES string of the molecule is O=C(NNc1ccc(OC(F)(F)F)cc1)Nc1ccc([N+](=O)[O-])cc1Cl. The highest BCUT2D eigenvalue weighted by atomic mass is 35.5. The number of hydrazine groups is 1. The molecule has 0 heterocycles. The van der Waals surface area contributed by atoms with Crippen molar-refractivity contribution in [3.8, 4) is 5.75 Å². The highest BCUT2D eigenvalue weighted by Gasteiger charge is 2.30. The number of benzene rings is 2. The Hall–Kier alpha value is -3.21. The van der Waals surface area contributed by atoms with E-state index in [0.29, 0.717) is 0 Å². The van der Waals surface area contributed by atoms with Gasteiger partial charge in [-0.15, -0.1) is 13.2 Å². The summed E-state index contributed by atoms with van der Waals surface area (Å²) in [6, 6.07) is 7.35. The van der Waals surface area contributed by atoms with Crippen LogP contribution in [-0.4, -0.2) is 17.3 Å². The number of nitro benzene ring substituents is 1. The van der Waals surface area contributed by atoms with Crippen molar-refractivity contribution in [2.45, 2.75) is 6.36 Å². The molecule has 0 aliphatic carbocycles. The Morgan fingerprint density at radius 1 is 1.15 bits per heavy atom. The number of amides is 2. The van der Waals surface area contributed by atoms with Crippen LogP contribution in [0.2, 0.25) is 5.02 Å². The number of carbonyl (C=O) groups excluding carboxylic acids is 1. The van der Waals surface area contributed by atoms with E-state index in [1.54, 1.807) is 0 Å². The van der Waals surface area contributed by atoms with Gasteiger partial charge >= 0.3 is 12.4 Å². The molecule has 138 valence electrons. The second kappa shape index (κ2) is 7.78. The zero-order valence-corrected chi connectivity index (χ0v) is 13.4. The molecule has 0 unspecified atom stereocenters. The third-order valence-corrected chi connectivity index (χ3v) is 3.13. The minimum Gasteiger partial charge on any atom is -0.406 e. The number of ether oxygens (including phenoxy) is 1. The molecule has 0 saturated heterocycles. The number of hydrogen-bond acceptors (Lipinski definition) is 5. The lowest BCUT2D eigenvalue weighted by Crippen LogP contribution is -2.33. The lowest BCUT2D eigenvalue weighted by Gasteiger charge is -2.12. The topological polar surface area (TPSA) is 106 Å². The lowest BCUT2D eigenvalue weighted by molar-refractivity contribution is -0.384. The molecule has 26 heavy (non-hydrogen) atoms. The first-order valence-corrected chi connectivity index (χ1v) is 7.14. The van der Waals surface area contributed by atoms with E-state index in [0.717, 1.165) is 24.3 Å². The Kier molecular flexibility index (Phi) is 5.72. The molecule has 0 fully saturated rings. The maximum Gasteiger partial charge on any atom is 0.573 e. The number of rotatable bonds is 5. The first kappa shape index (κ1) is 19.1. The van der Waals surface area contributed by atoms with Crippen molar-refractivity contribution in [1.82, 2.24) is 5.43 Å². The van der Waals surface area contributed by atoms with Gasteiger partial charge in [0.25, 0.3) is 5.69 Å². The molecule has 0 spiro atoms. The summed E-state index contributed by atoms with van der Waals surface area (Å²) in [5.41, 5.74) is 4.85. The molecule has 8 nitrogen and oxygen atoms in total. The number of hydrogen-bond donors (Lipinski definition) is 3. The number of carbonyl (C=O) groups is 1. The van der Waals surface area contributed by atoms with Crippen molar-refractivity contribution in [3.05, 3.63) is 57.6 Å². The molecular formula is C14H10ClF3N4O4. The van der Waals surface area contributed by atoms with E-state index in [2.05, 4.69) is 20.9 Å². The van der Waals surface area contributed by atoms with Gasteiger partial charge in [0.2, 0.25) is 0 Å². The fraction of sp³-hybridized carbons (Fsp3) is 0.0714. The average molecular weight is 391 g/mol. The van der Waals surface area contributed by atoms with Crippen molar-refractivity contribution in [2.24, 2.45) is 0 Å². The summed E-state index contributed by atoms with van der Waals surface area (Å²) < 4.78 is 39.9. The Bertz CT molecular complexity index is 815. The van der Waals surface area contributed by atoms with Crippen LogP contribution in [0.4, 0.5) is 35.0 Å². The fourth-order valence-corrected chi connectivity index (χ4v) is 1.96. The number of anilines is 2. The molecule has 0 aromatic heterocycles. The van der Waals surface area contributed by atoms with Crippen molar-refractivity contribution in [3.63, 3.8) is 0 Å². The Morgan fingerprint density at radius 2 is 1.81 bits per heavy atom. The van der Waals surface area contributed by atoms with Gasteiger partial charge in [0.15, 0.2) is 0 Å². The fourth-order valence-electron chi connectivity index (χ4n) is 1.74. The zero-order chi connectivity index (χ0) is 19.3. The standard InChI is InChI=1S/C14H10ClF3N4O4/c15-11-7-9(22(24)25)3-6-12(11)19-13(23)21-20-8-1-4-10(5-2-8)26-14(16,17)18/h1-7,20H,(H2,19,21,23). The molecule has 2 rings (SSSR count). The van der Waals surface area contributed by atoms with Crippen LogP contribution >= 0.6 is 11.6 Å². The first-order valence-electron chi connectivity index (χ1n) is 6.77. The van der Waals surface area contributed by atoms with Crippen LogP contribution < -0.4 is 20.9 Å². The highest BCUT2D eigenvalue weighted by Crippen LogP contribution is 2.26. The second-order valence-corrected chi connectivity index (χ2v) is 5.10. The Labute approximate surface area is 149 Å². The molecule has 0 bridgehead atoms. The largest absolute Gasteiger partial charge is 0.573 e. The number of alkyl halides is 3. The number of nitro groups is 1. The summed E-state index contributed by atoms with van der Waals surface area (Å²) in [6.45, 7) is 0. The van der Waals surface area contributed by atoms with Crippen LogP contribution in [0.15, 0.2) is 42.5 Å². The second-order valence-electron chi connectivity index (χ2n) is 4.70. The molecule has 0 aliphatic rings. The van der Waals surface area contributed by atoms with Crippen LogP contribution in [0.3, 0.4) is 0 Å². The van der Waals surface area contributed by atoms with Gasteiger partial charge in [0.1, 0.15) is 5.75 Å². The quantitative estimate of drug-likeness (QED) is 0.521. The maximum absolute atomic E-state index is 12.1.